The Morgan fingerprint density at radius 1 is 1.03 bits per heavy atom. The Morgan fingerprint density at radius 2 is 1.69 bits per heavy atom. The summed E-state index contributed by atoms with van der Waals surface area (Å²) in [7, 11) is 0. The van der Waals surface area contributed by atoms with Crippen molar-refractivity contribution in [2.24, 2.45) is 11.8 Å². The standard InChI is InChI=1S/C28H34N2O5/c1-2-8-19(15-26(31)29-16-18-9-7-14-20(18)27(32)33)30-28(34)35-17-25-23-12-5-3-10-21(23)22-11-4-6-13-24(22)25/h3-6,10-13,18-20,25H,2,7-9,14-17H2,1H3,(H,29,31)(H,30,34)(H,32,33)/t18?,19-,20?/m0/s1. The van der Waals surface area contributed by atoms with E-state index in [4.69, 9.17) is 4.74 Å². The van der Waals surface area contributed by atoms with Crippen molar-refractivity contribution in [3.63, 3.8) is 0 Å². The maximum Gasteiger partial charge on any atom is 0.407 e. The molecule has 2 aromatic carbocycles. The largest absolute Gasteiger partial charge is 0.481 e. The molecule has 2 aliphatic rings. The van der Waals surface area contributed by atoms with Gasteiger partial charge < -0.3 is 20.5 Å². The molecule has 0 saturated heterocycles. The smallest absolute Gasteiger partial charge is 0.407 e. The molecule has 0 aromatic heterocycles. The predicted octanol–water partition coefficient (Wildman–Crippen LogP) is 4.70. The van der Waals surface area contributed by atoms with Crippen LogP contribution in [0.4, 0.5) is 4.79 Å². The zero-order chi connectivity index (χ0) is 24.8. The van der Waals surface area contributed by atoms with Gasteiger partial charge >= 0.3 is 12.1 Å². The van der Waals surface area contributed by atoms with Crippen molar-refractivity contribution in [3.05, 3.63) is 59.7 Å². The molecule has 3 N–H and O–H groups in total. The van der Waals surface area contributed by atoms with Crippen LogP contribution in [0.3, 0.4) is 0 Å². The molecular weight excluding hydrogens is 444 g/mol. The van der Waals surface area contributed by atoms with Crippen LogP contribution in [-0.4, -0.2) is 42.3 Å². The molecule has 2 unspecified atom stereocenters. The molecule has 1 fully saturated rings. The molecule has 186 valence electrons. The molecule has 0 radical (unpaired) electrons. The van der Waals surface area contributed by atoms with E-state index >= 15 is 0 Å². The third-order valence-corrected chi connectivity index (χ3v) is 7.27. The van der Waals surface area contributed by atoms with E-state index in [0.29, 0.717) is 19.4 Å². The van der Waals surface area contributed by atoms with E-state index in [1.165, 1.54) is 11.1 Å². The topological polar surface area (TPSA) is 105 Å². The summed E-state index contributed by atoms with van der Waals surface area (Å²) in [6, 6.07) is 16.0. The Hall–Kier alpha value is -3.35. The molecule has 2 amide bonds. The van der Waals surface area contributed by atoms with Gasteiger partial charge in [-0.15, -0.1) is 0 Å². The summed E-state index contributed by atoms with van der Waals surface area (Å²) in [5, 5.41) is 15.1. The van der Waals surface area contributed by atoms with Gasteiger partial charge in [0.2, 0.25) is 5.91 Å². The Morgan fingerprint density at radius 3 is 2.31 bits per heavy atom. The average molecular weight is 479 g/mol. The Bertz CT molecular complexity index is 1020. The van der Waals surface area contributed by atoms with Gasteiger partial charge in [0.25, 0.3) is 0 Å². The minimum atomic E-state index is -0.789. The van der Waals surface area contributed by atoms with E-state index in [1.54, 1.807) is 0 Å². The Balaban J connectivity index is 1.29. The first-order valence-corrected chi connectivity index (χ1v) is 12.6. The van der Waals surface area contributed by atoms with Gasteiger partial charge in [0, 0.05) is 24.9 Å². The summed E-state index contributed by atoms with van der Waals surface area (Å²) in [6.07, 6.45) is 3.43. The number of carbonyl (C=O) groups is 3. The number of hydrogen-bond donors (Lipinski definition) is 3. The van der Waals surface area contributed by atoms with Crippen LogP contribution < -0.4 is 10.6 Å². The second-order valence-electron chi connectivity index (χ2n) is 9.60. The van der Waals surface area contributed by atoms with Crippen molar-refractivity contribution >= 4 is 18.0 Å². The van der Waals surface area contributed by atoms with Crippen LogP contribution in [0.5, 0.6) is 0 Å². The fraction of sp³-hybridized carbons (Fsp3) is 0.464. The van der Waals surface area contributed by atoms with Crippen molar-refractivity contribution in [2.75, 3.05) is 13.2 Å². The van der Waals surface area contributed by atoms with Gasteiger partial charge in [-0.05, 0) is 47.4 Å². The molecule has 0 bridgehead atoms. The second kappa shape index (κ2) is 11.4. The van der Waals surface area contributed by atoms with Gasteiger partial charge in [-0.25, -0.2) is 4.79 Å². The van der Waals surface area contributed by atoms with E-state index in [0.717, 1.165) is 30.4 Å². The number of benzene rings is 2. The van der Waals surface area contributed by atoms with E-state index < -0.39 is 12.1 Å². The second-order valence-corrected chi connectivity index (χ2v) is 9.60. The summed E-state index contributed by atoms with van der Waals surface area (Å²) in [4.78, 5) is 36.5. The number of fused-ring (bicyclic) bond motifs is 3. The van der Waals surface area contributed by atoms with Crippen molar-refractivity contribution < 1.29 is 24.2 Å². The quantitative estimate of drug-likeness (QED) is 0.459. The predicted molar refractivity (Wildman–Crippen MR) is 133 cm³/mol. The number of carboxylic acid groups (broad SMARTS) is 1. The first-order chi connectivity index (χ1) is 17.0. The lowest BCUT2D eigenvalue weighted by Gasteiger charge is -2.21. The molecule has 7 heteroatoms. The normalized spacial score (nSPS) is 19.5. The average Bonchev–Trinajstić information content (AvgIpc) is 3.44. The highest BCUT2D eigenvalue weighted by Gasteiger charge is 2.33. The molecule has 0 spiro atoms. The molecule has 2 aromatic rings. The fourth-order valence-electron chi connectivity index (χ4n) is 5.53. The Kier molecular flexibility index (Phi) is 8.06. The number of carboxylic acids is 1. The monoisotopic (exact) mass is 478 g/mol. The summed E-state index contributed by atoms with van der Waals surface area (Å²) in [6.45, 7) is 2.59. The van der Waals surface area contributed by atoms with Gasteiger partial charge in [-0.2, -0.15) is 0 Å². The maximum absolute atomic E-state index is 12.6. The van der Waals surface area contributed by atoms with E-state index in [2.05, 4.69) is 34.9 Å². The van der Waals surface area contributed by atoms with E-state index in [1.807, 2.05) is 31.2 Å². The lowest BCUT2D eigenvalue weighted by Crippen LogP contribution is -2.41. The number of rotatable bonds is 10. The van der Waals surface area contributed by atoms with Crippen molar-refractivity contribution in [2.45, 2.75) is 57.4 Å². The van der Waals surface area contributed by atoms with Gasteiger partial charge in [0.05, 0.1) is 5.92 Å². The van der Waals surface area contributed by atoms with Crippen molar-refractivity contribution in [1.29, 1.82) is 0 Å². The highest BCUT2D eigenvalue weighted by molar-refractivity contribution is 5.79. The minimum absolute atomic E-state index is 0.0188. The molecule has 7 nitrogen and oxygen atoms in total. The van der Waals surface area contributed by atoms with Crippen LogP contribution in [0.25, 0.3) is 11.1 Å². The number of ether oxygens (including phenoxy) is 1. The fourth-order valence-corrected chi connectivity index (χ4v) is 5.53. The third-order valence-electron chi connectivity index (χ3n) is 7.27. The molecule has 4 rings (SSSR count). The summed E-state index contributed by atoms with van der Waals surface area (Å²) < 4.78 is 5.63. The number of nitrogens with one attached hydrogen (secondary N) is 2. The molecule has 2 aliphatic carbocycles. The number of aliphatic carboxylic acids is 1. The molecule has 35 heavy (non-hydrogen) atoms. The van der Waals surface area contributed by atoms with Crippen LogP contribution >= 0.6 is 0 Å². The summed E-state index contributed by atoms with van der Waals surface area (Å²) in [5.74, 6) is -1.41. The summed E-state index contributed by atoms with van der Waals surface area (Å²) in [5.41, 5.74) is 4.64. The van der Waals surface area contributed by atoms with Crippen LogP contribution in [-0.2, 0) is 14.3 Å². The number of amides is 2. The highest BCUT2D eigenvalue weighted by atomic mass is 16.5. The van der Waals surface area contributed by atoms with E-state index in [-0.39, 0.29) is 42.7 Å². The van der Waals surface area contributed by atoms with Crippen LogP contribution in [0.1, 0.15) is 62.5 Å². The lowest BCUT2D eigenvalue weighted by molar-refractivity contribution is -0.143. The van der Waals surface area contributed by atoms with Gasteiger partial charge in [-0.3, -0.25) is 9.59 Å². The van der Waals surface area contributed by atoms with Crippen molar-refractivity contribution in [3.8, 4) is 11.1 Å². The van der Waals surface area contributed by atoms with Gasteiger partial charge in [0.1, 0.15) is 6.61 Å². The summed E-state index contributed by atoms with van der Waals surface area (Å²) >= 11 is 0. The lowest BCUT2D eigenvalue weighted by atomic mass is 9.96. The maximum atomic E-state index is 12.6. The molecule has 1 saturated carbocycles. The third kappa shape index (κ3) is 5.84. The number of carbonyl (C=O) groups excluding carboxylic acids is 2. The SMILES string of the molecule is CCC[C@@H](CC(=O)NCC1CCCC1C(=O)O)NC(=O)OCC1c2ccccc2-c2ccccc21. The molecular formula is C28H34N2O5. The molecule has 0 aliphatic heterocycles. The van der Waals surface area contributed by atoms with Gasteiger partial charge in [-0.1, -0.05) is 68.3 Å². The zero-order valence-electron chi connectivity index (χ0n) is 20.2. The van der Waals surface area contributed by atoms with Crippen molar-refractivity contribution in [1.82, 2.24) is 10.6 Å². The van der Waals surface area contributed by atoms with Gasteiger partial charge in [0.15, 0.2) is 0 Å². The number of hydrogen-bond acceptors (Lipinski definition) is 4. The Labute approximate surface area is 206 Å². The van der Waals surface area contributed by atoms with Crippen LogP contribution in [0, 0.1) is 11.8 Å². The van der Waals surface area contributed by atoms with E-state index in [9.17, 15) is 19.5 Å². The van der Waals surface area contributed by atoms with Crippen LogP contribution in [0.15, 0.2) is 48.5 Å². The minimum Gasteiger partial charge on any atom is -0.481 e. The number of alkyl carbamates (subject to hydrolysis) is 1. The molecule has 0 heterocycles. The first kappa shape index (κ1) is 24.8. The van der Waals surface area contributed by atoms with Crippen LogP contribution in [0.2, 0.25) is 0 Å². The molecule has 3 atom stereocenters. The first-order valence-electron chi connectivity index (χ1n) is 12.6. The zero-order valence-corrected chi connectivity index (χ0v) is 20.2. The highest BCUT2D eigenvalue weighted by Crippen LogP contribution is 2.44.